The molecule has 0 bridgehead atoms. The molecule has 2 rings (SSSR count). The number of rotatable bonds is 8. The Morgan fingerprint density at radius 1 is 1.28 bits per heavy atom. The average molecular weight is 270 g/mol. The molecular weight excluding hydrogens is 244 g/mol. The summed E-state index contributed by atoms with van der Waals surface area (Å²) >= 11 is 1.91. The van der Waals surface area contributed by atoms with Crippen LogP contribution in [0.3, 0.4) is 0 Å². The van der Waals surface area contributed by atoms with Gasteiger partial charge in [-0.15, -0.1) is 0 Å². The van der Waals surface area contributed by atoms with E-state index in [2.05, 4.69) is 16.5 Å². The van der Waals surface area contributed by atoms with Gasteiger partial charge in [-0.05, 0) is 50.5 Å². The lowest BCUT2D eigenvalue weighted by atomic mass is 10.0. The minimum atomic E-state index is 0.123. The standard InChI is InChI=1S/C14H26N2OS/c1-18-11-4-2-3-9-16-10-5-6-13(14(16)17)15-12-7-8-12/h12-13,15H,2-11H2,1H3. The molecule has 3 nitrogen and oxygen atoms in total. The van der Waals surface area contributed by atoms with Gasteiger partial charge in [0, 0.05) is 19.1 Å². The van der Waals surface area contributed by atoms with Gasteiger partial charge in [0.15, 0.2) is 0 Å². The van der Waals surface area contributed by atoms with Gasteiger partial charge in [-0.1, -0.05) is 6.42 Å². The predicted octanol–water partition coefficient (Wildman–Crippen LogP) is 2.26. The van der Waals surface area contributed by atoms with Crippen molar-refractivity contribution in [2.24, 2.45) is 0 Å². The monoisotopic (exact) mass is 270 g/mol. The summed E-state index contributed by atoms with van der Waals surface area (Å²) in [5.41, 5.74) is 0. The zero-order valence-corrected chi connectivity index (χ0v) is 12.3. The quantitative estimate of drug-likeness (QED) is 0.687. The maximum absolute atomic E-state index is 12.3. The van der Waals surface area contributed by atoms with Crippen molar-refractivity contribution in [3.63, 3.8) is 0 Å². The number of carbonyl (C=O) groups is 1. The third-order valence-electron chi connectivity index (χ3n) is 3.82. The van der Waals surface area contributed by atoms with E-state index in [1.54, 1.807) is 0 Å². The lowest BCUT2D eigenvalue weighted by molar-refractivity contribution is -0.136. The molecule has 1 atom stereocenters. The van der Waals surface area contributed by atoms with Crippen LogP contribution in [0.1, 0.15) is 44.9 Å². The Morgan fingerprint density at radius 3 is 2.83 bits per heavy atom. The third kappa shape index (κ3) is 4.47. The molecule has 1 saturated heterocycles. The zero-order valence-electron chi connectivity index (χ0n) is 11.5. The van der Waals surface area contributed by atoms with Crippen LogP contribution in [0.4, 0.5) is 0 Å². The summed E-state index contributed by atoms with van der Waals surface area (Å²) < 4.78 is 0. The SMILES string of the molecule is CSCCCCCN1CCCC(NC2CC2)C1=O. The van der Waals surface area contributed by atoms with Gasteiger partial charge >= 0.3 is 0 Å². The molecule has 2 fully saturated rings. The molecule has 0 aromatic carbocycles. The Morgan fingerprint density at radius 2 is 2.11 bits per heavy atom. The number of hydrogen-bond donors (Lipinski definition) is 1. The summed E-state index contributed by atoms with van der Waals surface area (Å²) in [5.74, 6) is 1.61. The molecule has 0 spiro atoms. The first-order chi connectivity index (χ1) is 8.81. The minimum Gasteiger partial charge on any atom is -0.341 e. The molecule has 0 aromatic heterocycles. The maximum Gasteiger partial charge on any atom is 0.239 e. The molecule has 1 heterocycles. The third-order valence-corrected chi connectivity index (χ3v) is 4.52. The predicted molar refractivity (Wildman–Crippen MR) is 78.0 cm³/mol. The summed E-state index contributed by atoms with van der Waals surface area (Å²) in [6, 6.07) is 0.762. The fourth-order valence-electron chi connectivity index (χ4n) is 2.58. The van der Waals surface area contributed by atoms with Crippen molar-refractivity contribution >= 4 is 17.7 Å². The molecule has 1 aliphatic carbocycles. The highest BCUT2D eigenvalue weighted by molar-refractivity contribution is 7.98. The van der Waals surface area contributed by atoms with Crippen LogP contribution in [0.2, 0.25) is 0 Å². The van der Waals surface area contributed by atoms with Crippen LogP contribution in [0.5, 0.6) is 0 Å². The highest BCUT2D eigenvalue weighted by Gasteiger charge is 2.32. The van der Waals surface area contributed by atoms with Crippen molar-refractivity contribution in [2.45, 2.75) is 57.0 Å². The lowest BCUT2D eigenvalue weighted by Crippen LogP contribution is -2.51. The van der Waals surface area contributed by atoms with Gasteiger partial charge in [-0.3, -0.25) is 4.79 Å². The first kappa shape index (κ1) is 14.2. The number of unbranched alkanes of at least 4 members (excludes halogenated alkanes) is 2. The van der Waals surface area contributed by atoms with Crippen LogP contribution < -0.4 is 5.32 Å². The second kappa shape index (κ2) is 7.39. The van der Waals surface area contributed by atoms with Crippen molar-refractivity contribution in [1.29, 1.82) is 0 Å². The normalized spacial score (nSPS) is 24.6. The molecule has 1 unspecified atom stereocenters. The van der Waals surface area contributed by atoms with Crippen LogP contribution in [0.25, 0.3) is 0 Å². The van der Waals surface area contributed by atoms with Crippen molar-refractivity contribution in [3.05, 3.63) is 0 Å². The minimum absolute atomic E-state index is 0.123. The zero-order chi connectivity index (χ0) is 12.8. The molecule has 104 valence electrons. The maximum atomic E-state index is 12.3. The Kier molecular flexibility index (Phi) is 5.83. The molecule has 0 aromatic rings. The van der Waals surface area contributed by atoms with Gasteiger partial charge in [0.05, 0.1) is 6.04 Å². The molecule has 1 aliphatic heterocycles. The van der Waals surface area contributed by atoms with Crippen molar-refractivity contribution in [3.8, 4) is 0 Å². The van der Waals surface area contributed by atoms with E-state index in [-0.39, 0.29) is 6.04 Å². The molecule has 4 heteroatoms. The van der Waals surface area contributed by atoms with Gasteiger partial charge < -0.3 is 10.2 Å². The summed E-state index contributed by atoms with van der Waals surface area (Å²) in [6.07, 6.45) is 10.6. The number of thioether (sulfide) groups is 1. The molecular formula is C14H26N2OS. The van der Waals surface area contributed by atoms with Crippen LogP contribution in [0.15, 0.2) is 0 Å². The fraction of sp³-hybridized carbons (Fsp3) is 0.929. The summed E-state index contributed by atoms with van der Waals surface area (Å²) in [6.45, 7) is 1.94. The van der Waals surface area contributed by atoms with Crippen LogP contribution in [-0.2, 0) is 4.79 Å². The topological polar surface area (TPSA) is 32.3 Å². The number of amides is 1. The second-order valence-electron chi connectivity index (χ2n) is 5.51. The van der Waals surface area contributed by atoms with E-state index < -0.39 is 0 Å². The van der Waals surface area contributed by atoms with E-state index in [0.29, 0.717) is 11.9 Å². The van der Waals surface area contributed by atoms with Gasteiger partial charge in [0.2, 0.25) is 5.91 Å². The van der Waals surface area contributed by atoms with Crippen LogP contribution >= 0.6 is 11.8 Å². The number of likely N-dealkylation sites (tertiary alicyclic amines) is 1. The van der Waals surface area contributed by atoms with Gasteiger partial charge in [-0.25, -0.2) is 0 Å². The number of carbonyl (C=O) groups excluding carboxylic acids is 1. The highest BCUT2D eigenvalue weighted by Crippen LogP contribution is 2.22. The smallest absolute Gasteiger partial charge is 0.239 e. The number of piperidine rings is 1. The Balaban J connectivity index is 1.65. The number of nitrogens with one attached hydrogen (secondary N) is 1. The molecule has 18 heavy (non-hydrogen) atoms. The van der Waals surface area contributed by atoms with Crippen molar-refractivity contribution in [2.75, 3.05) is 25.1 Å². The van der Waals surface area contributed by atoms with E-state index in [1.807, 2.05) is 11.8 Å². The van der Waals surface area contributed by atoms with Gasteiger partial charge in [-0.2, -0.15) is 11.8 Å². The van der Waals surface area contributed by atoms with E-state index in [9.17, 15) is 4.79 Å². The summed E-state index contributed by atoms with van der Waals surface area (Å²) in [4.78, 5) is 14.4. The second-order valence-corrected chi connectivity index (χ2v) is 6.50. The molecule has 2 aliphatic rings. The molecule has 1 saturated carbocycles. The van der Waals surface area contributed by atoms with Crippen molar-refractivity contribution < 1.29 is 4.79 Å². The molecule has 1 amide bonds. The fourth-order valence-corrected chi connectivity index (χ4v) is 3.07. The highest BCUT2D eigenvalue weighted by atomic mass is 32.2. The molecule has 1 N–H and O–H groups in total. The van der Waals surface area contributed by atoms with Gasteiger partial charge in [0.1, 0.15) is 0 Å². The van der Waals surface area contributed by atoms with E-state index in [1.165, 1.54) is 44.3 Å². The first-order valence-electron chi connectivity index (χ1n) is 7.35. The Labute approximate surface area is 115 Å². The molecule has 0 radical (unpaired) electrons. The average Bonchev–Trinajstić information content (AvgIpc) is 3.17. The van der Waals surface area contributed by atoms with Crippen LogP contribution in [0, 0.1) is 0 Å². The number of nitrogens with zero attached hydrogens (tertiary/aromatic N) is 1. The van der Waals surface area contributed by atoms with E-state index in [4.69, 9.17) is 0 Å². The lowest BCUT2D eigenvalue weighted by Gasteiger charge is -2.33. The Bertz CT molecular complexity index is 269. The van der Waals surface area contributed by atoms with Crippen LogP contribution in [-0.4, -0.2) is 48.0 Å². The van der Waals surface area contributed by atoms with E-state index in [0.717, 1.165) is 19.5 Å². The van der Waals surface area contributed by atoms with E-state index >= 15 is 0 Å². The van der Waals surface area contributed by atoms with Gasteiger partial charge in [0.25, 0.3) is 0 Å². The largest absolute Gasteiger partial charge is 0.341 e. The summed E-state index contributed by atoms with van der Waals surface area (Å²) in [7, 11) is 0. The first-order valence-corrected chi connectivity index (χ1v) is 8.74. The number of hydrogen-bond acceptors (Lipinski definition) is 3. The Hall–Kier alpha value is -0.220. The van der Waals surface area contributed by atoms with Crippen molar-refractivity contribution in [1.82, 2.24) is 10.2 Å². The summed E-state index contributed by atoms with van der Waals surface area (Å²) in [5, 5.41) is 3.49.